The molecule has 0 aliphatic heterocycles. The molecule has 1 aliphatic carbocycles. The van der Waals surface area contributed by atoms with Crippen LogP contribution in [-0.4, -0.2) is 21.4 Å². The van der Waals surface area contributed by atoms with Crippen molar-refractivity contribution in [1.29, 1.82) is 0 Å². The van der Waals surface area contributed by atoms with Gasteiger partial charge in [0.1, 0.15) is 12.4 Å². The third-order valence-corrected chi connectivity index (χ3v) is 4.75. The lowest BCUT2D eigenvalue weighted by molar-refractivity contribution is -0.122. The number of hydrogen-bond acceptors (Lipinski definition) is 3. The number of nitrogens with zero attached hydrogens (tertiary/aromatic N) is 2. The van der Waals surface area contributed by atoms with E-state index in [2.05, 4.69) is 15.6 Å². The maximum absolute atomic E-state index is 12.6. The maximum atomic E-state index is 12.6. The zero-order valence-electron chi connectivity index (χ0n) is 14.6. The molecule has 6 nitrogen and oxygen atoms in total. The van der Waals surface area contributed by atoms with Crippen molar-refractivity contribution in [3.63, 3.8) is 0 Å². The number of aromatic nitrogens is 2. The summed E-state index contributed by atoms with van der Waals surface area (Å²) < 4.78 is 1.84. The first-order valence-electron chi connectivity index (χ1n) is 8.87. The Kier molecular flexibility index (Phi) is 4.81. The normalized spacial score (nSPS) is 13.5. The Morgan fingerprint density at radius 3 is 2.74 bits per heavy atom. The third kappa shape index (κ3) is 4.11. The lowest BCUT2D eigenvalue weighted by atomic mass is 10.3. The number of benzene rings is 2. The van der Waals surface area contributed by atoms with Gasteiger partial charge >= 0.3 is 0 Å². The highest BCUT2D eigenvalue weighted by Gasteiger charge is 2.29. The SMILES string of the molecule is O=C(Cn1c(CNC(=O)C2CC2)nc2ccccc21)Nc1cccc(Cl)c1. The Labute approximate surface area is 161 Å². The maximum Gasteiger partial charge on any atom is 0.244 e. The average Bonchev–Trinajstić information content (AvgIpc) is 3.44. The summed E-state index contributed by atoms with van der Waals surface area (Å²) in [5.41, 5.74) is 2.29. The number of hydrogen-bond donors (Lipinski definition) is 2. The van der Waals surface area contributed by atoms with Crippen molar-refractivity contribution in [2.75, 3.05) is 5.32 Å². The summed E-state index contributed by atoms with van der Waals surface area (Å²) in [5, 5.41) is 6.33. The molecule has 7 heteroatoms. The van der Waals surface area contributed by atoms with Crippen LogP contribution in [-0.2, 0) is 22.7 Å². The van der Waals surface area contributed by atoms with E-state index in [1.54, 1.807) is 24.3 Å². The summed E-state index contributed by atoms with van der Waals surface area (Å²) >= 11 is 5.97. The number of nitrogens with one attached hydrogen (secondary N) is 2. The minimum Gasteiger partial charge on any atom is -0.349 e. The van der Waals surface area contributed by atoms with Crippen LogP contribution in [0.2, 0.25) is 5.02 Å². The summed E-state index contributed by atoms with van der Waals surface area (Å²) in [6.07, 6.45) is 1.90. The second-order valence-electron chi connectivity index (χ2n) is 6.65. The molecule has 0 radical (unpaired) electrons. The first kappa shape index (κ1) is 17.5. The number of para-hydroxylation sites is 2. The Morgan fingerprint density at radius 2 is 1.96 bits per heavy atom. The van der Waals surface area contributed by atoms with Gasteiger partial charge in [0.25, 0.3) is 0 Å². The predicted octanol–water partition coefficient (Wildman–Crippen LogP) is 3.35. The highest BCUT2D eigenvalue weighted by atomic mass is 35.5. The van der Waals surface area contributed by atoms with E-state index in [1.165, 1.54) is 0 Å². The van der Waals surface area contributed by atoms with E-state index in [0.717, 1.165) is 23.9 Å². The number of carbonyl (C=O) groups excluding carboxylic acids is 2. The Morgan fingerprint density at radius 1 is 1.15 bits per heavy atom. The second-order valence-corrected chi connectivity index (χ2v) is 7.09. The number of rotatable bonds is 6. The van der Waals surface area contributed by atoms with Gasteiger partial charge in [0, 0.05) is 16.6 Å². The van der Waals surface area contributed by atoms with E-state index in [4.69, 9.17) is 11.6 Å². The van der Waals surface area contributed by atoms with Crippen LogP contribution < -0.4 is 10.6 Å². The highest BCUT2D eigenvalue weighted by molar-refractivity contribution is 6.30. The van der Waals surface area contributed by atoms with Crippen LogP contribution in [0.25, 0.3) is 11.0 Å². The molecule has 0 spiro atoms. The zero-order chi connectivity index (χ0) is 18.8. The lowest BCUT2D eigenvalue weighted by Gasteiger charge is -2.11. The quantitative estimate of drug-likeness (QED) is 0.686. The smallest absolute Gasteiger partial charge is 0.244 e. The van der Waals surface area contributed by atoms with Gasteiger partial charge in [-0.1, -0.05) is 29.8 Å². The minimum atomic E-state index is -0.185. The van der Waals surface area contributed by atoms with Gasteiger partial charge in [-0.15, -0.1) is 0 Å². The van der Waals surface area contributed by atoms with Gasteiger partial charge < -0.3 is 15.2 Å². The molecular weight excluding hydrogens is 364 g/mol. The molecule has 138 valence electrons. The molecule has 1 fully saturated rings. The minimum absolute atomic E-state index is 0.0528. The van der Waals surface area contributed by atoms with Gasteiger partial charge in [-0.3, -0.25) is 9.59 Å². The van der Waals surface area contributed by atoms with Crippen molar-refractivity contribution in [2.24, 2.45) is 5.92 Å². The average molecular weight is 383 g/mol. The van der Waals surface area contributed by atoms with Crippen LogP contribution in [0, 0.1) is 5.92 Å². The monoisotopic (exact) mass is 382 g/mol. The van der Waals surface area contributed by atoms with Crippen LogP contribution in [0.4, 0.5) is 5.69 Å². The molecule has 3 aromatic rings. The first-order chi connectivity index (χ1) is 13.1. The molecule has 0 atom stereocenters. The fourth-order valence-electron chi connectivity index (χ4n) is 3.00. The molecule has 1 heterocycles. The van der Waals surface area contributed by atoms with Crippen LogP contribution in [0.1, 0.15) is 18.7 Å². The summed E-state index contributed by atoms with van der Waals surface area (Å²) in [4.78, 5) is 29.1. The number of carbonyl (C=O) groups is 2. The third-order valence-electron chi connectivity index (χ3n) is 4.51. The van der Waals surface area contributed by atoms with Gasteiger partial charge in [-0.05, 0) is 43.2 Å². The van der Waals surface area contributed by atoms with Crippen molar-refractivity contribution in [3.05, 3.63) is 59.4 Å². The van der Waals surface area contributed by atoms with Gasteiger partial charge in [-0.25, -0.2) is 4.98 Å². The molecule has 1 aliphatic rings. The van der Waals surface area contributed by atoms with E-state index in [0.29, 0.717) is 23.1 Å². The summed E-state index contributed by atoms with van der Waals surface area (Å²) in [5.74, 6) is 0.660. The van der Waals surface area contributed by atoms with E-state index in [9.17, 15) is 9.59 Å². The summed E-state index contributed by atoms with van der Waals surface area (Å²) in [6, 6.07) is 14.6. The molecule has 1 saturated carbocycles. The van der Waals surface area contributed by atoms with Gasteiger partial charge in [-0.2, -0.15) is 0 Å². The molecule has 2 aromatic carbocycles. The molecule has 0 unspecified atom stereocenters. The predicted molar refractivity (Wildman–Crippen MR) is 104 cm³/mol. The van der Waals surface area contributed by atoms with Crippen molar-refractivity contribution in [2.45, 2.75) is 25.9 Å². The van der Waals surface area contributed by atoms with E-state index in [-0.39, 0.29) is 24.3 Å². The summed E-state index contributed by atoms with van der Waals surface area (Å²) in [6.45, 7) is 0.399. The van der Waals surface area contributed by atoms with Crippen molar-refractivity contribution < 1.29 is 9.59 Å². The number of amides is 2. The lowest BCUT2D eigenvalue weighted by Crippen LogP contribution is -2.27. The number of fused-ring (bicyclic) bond motifs is 1. The molecule has 2 amide bonds. The Bertz CT molecular complexity index is 1010. The van der Waals surface area contributed by atoms with E-state index in [1.807, 2.05) is 28.8 Å². The fraction of sp³-hybridized carbons (Fsp3) is 0.250. The molecule has 4 rings (SSSR count). The van der Waals surface area contributed by atoms with E-state index >= 15 is 0 Å². The Hall–Kier alpha value is -2.86. The Balaban J connectivity index is 1.54. The molecule has 0 saturated heterocycles. The number of imidazole rings is 1. The highest BCUT2D eigenvalue weighted by Crippen LogP contribution is 2.29. The van der Waals surface area contributed by atoms with Gasteiger partial charge in [0.15, 0.2) is 0 Å². The molecule has 27 heavy (non-hydrogen) atoms. The van der Waals surface area contributed by atoms with Crippen molar-refractivity contribution in [3.8, 4) is 0 Å². The van der Waals surface area contributed by atoms with Crippen LogP contribution in [0.5, 0.6) is 0 Å². The molecule has 2 N–H and O–H groups in total. The van der Waals surface area contributed by atoms with Crippen LogP contribution >= 0.6 is 11.6 Å². The van der Waals surface area contributed by atoms with Crippen LogP contribution in [0.15, 0.2) is 48.5 Å². The van der Waals surface area contributed by atoms with Crippen molar-refractivity contribution in [1.82, 2.24) is 14.9 Å². The standard InChI is InChI=1S/C20H19ClN4O2/c21-14-4-3-5-15(10-14)23-19(26)12-25-17-7-2-1-6-16(17)24-18(25)11-22-20(27)13-8-9-13/h1-7,10,13H,8-9,11-12H2,(H,22,27)(H,23,26). The zero-order valence-corrected chi connectivity index (χ0v) is 15.4. The largest absolute Gasteiger partial charge is 0.349 e. The first-order valence-corrected chi connectivity index (χ1v) is 9.25. The van der Waals surface area contributed by atoms with E-state index < -0.39 is 0 Å². The molecule has 1 aromatic heterocycles. The molecule has 0 bridgehead atoms. The second kappa shape index (κ2) is 7.40. The number of halogens is 1. The van der Waals surface area contributed by atoms with Crippen molar-refractivity contribution >= 4 is 40.1 Å². The fourth-order valence-corrected chi connectivity index (χ4v) is 3.19. The van der Waals surface area contributed by atoms with Gasteiger partial charge in [0.2, 0.25) is 11.8 Å². The molecular formula is C20H19ClN4O2. The topological polar surface area (TPSA) is 76.0 Å². The van der Waals surface area contributed by atoms with Gasteiger partial charge in [0.05, 0.1) is 17.6 Å². The number of anilines is 1. The summed E-state index contributed by atoms with van der Waals surface area (Å²) in [7, 11) is 0. The van der Waals surface area contributed by atoms with Crippen LogP contribution in [0.3, 0.4) is 0 Å².